The van der Waals surface area contributed by atoms with Crippen LogP contribution in [0.15, 0.2) is 11.6 Å². The lowest BCUT2D eigenvalue weighted by molar-refractivity contribution is -0.140. The number of carbonyl (C=O) groups excluding carboxylic acids is 1. The van der Waals surface area contributed by atoms with E-state index in [4.69, 9.17) is 5.73 Å². The lowest BCUT2D eigenvalue weighted by Gasteiger charge is -2.04. The van der Waals surface area contributed by atoms with E-state index in [9.17, 15) is 18.0 Å². The zero-order chi connectivity index (χ0) is 12.6. The van der Waals surface area contributed by atoms with Crippen molar-refractivity contribution in [2.45, 2.75) is 6.18 Å². The average molecular weight is 262 g/mol. The maximum absolute atomic E-state index is 12.5. The number of H-pyrrole nitrogens is 1. The first-order valence-electron chi connectivity index (χ1n) is 4.26. The molecule has 2 heterocycles. The van der Waals surface area contributed by atoms with Gasteiger partial charge in [-0.1, -0.05) is 0 Å². The lowest BCUT2D eigenvalue weighted by Crippen LogP contribution is -2.11. The fourth-order valence-corrected chi connectivity index (χ4v) is 2.00. The largest absolute Gasteiger partial charge is 0.433 e. The van der Waals surface area contributed by atoms with Crippen LogP contribution in [0.4, 0.5) is 13.2 Å². The van der Waals surface area contributed by atoms with Gasteiger partial charge in [0.2, 0.25) is 0 Å². The highest BCUT2D eigenvalue weighted by Gasteiger charge is 2.36. The molecule has 0 fully saturated rings. The molecule has 0 aliphatic carbocycles. The van der Waals surface area contributed by atoms with Gasteiger partial charge in [-0.25, -0.2) is 4.98 Å². The van der Waals surface area contributed by atoms with Gasteiger partial charge in [0, 0.05) is 5.38 Å². The molecule has 0 aromatic carbocycles. The molecule has 0 unspecified atom stereocenters. The second kappa shape index (κ2) is 3.84. The zero-order valence-corrected chi connectivity index (χ0v) is 8.89. The predicted octanol–water partition coefficient (Wildman–Crippen LogP) is 1.65. The Bertz CT molecular complexity index is 559. The van der Waals surface area contributed by atoms with Crippen LogP contribution in [0.25, 0.3) is 10.6 Å². The van der Waals surface area contributed by atoms with Crippen molar-refractivity contribution in [3.63, 3.8) is 0 Å². The fourth-order valence-electron chi connectivity index (χ4n) is 1.18. The minimum absolute atomic E-state index is 0.0416. The van der Waals surface area contributed by atoms with Crippen LogP contribution < -0.4 is 5.73 Å². The molecule has 0 saturated carbocycles. The van der Waals surface area contributed by atoms with E-state index in [0.717, 1.165) is 17.5 Å². The number of hydrogen-bond donors (Lipinski definition) is 2. The molecule has 0 radical (unpaired) electrons. The Labute approximate surface area is 96.5 Å². The highest BCUT2D eigenvalue weighted by Crippen LogP contribution is 2.36. The predicted molar refractivity (Wildman–Crippen MR) is 53.2 cm³/mol. The van der Waals surface area contributed by atoms with Crippen molar-refractivity contribution in [1.82, 2.24) is 15.2 Å². The Morgan fingerprint density at radius 3 is 2.71 bits per heavy atom. The summed E-state index contributed by atoms with van der Waals surface area (Å²) in [6.07, 6.45) is -3.54. The molecular formula is C8H5F3N4OS. The van der Waals surface area contributed by atoms with E-state index in [1.807, 2.05) is 5.10 Å². The number of nitrogens with one attached hydrogen (secondary N) is 1. The monoisotopic (exact) mass is 262 g/mol. The molecule has 2 aromatic heterocycles. The highest BCUT2D eigenvalue weighted by atomic mass is 32.1. The van der Waals surface area contributed by atoms with E-state index in [1.165, 1.54) is 5.38 Å². The summed E-state index contributed by atoms with van der Waals surface area (Å²) in [4.78, 5) is 14.5. The number of carbonyl (C=O) groups is 1. The number of halogens is 3. The Morgan fingerprint density at radius 1 is 1.47 bits per heavy atom. The third-order valence-electron chi connectivity index (χ3n) is 1.91. The lowest BCUT2D eigenvalue weighted by atomic mass is 10.2. The van der Waals surface area contributed by atoms with Crippen molar-refractivity contribution in [3.8, 4) is 10.6 Å². The second-order valence-electron chi connectivity index (χ2n) is 3.06. The second-order valence-corrected chi connectivity index (χ2v) is 3.92. The van der Waals surface area contributed by atoms with Crippen molar-refractivity contribution >= 4 is 17.2 Å². The molecular weight excluding hydrogens is 257 g/mol. The number of rotatable bonds is 2. The molecule has 90 valence electrons. The van der Waals surface area contributed by atoms with Crippen molar-refractivity contribution in [3.05, 3.63) is 23.0 Å². The summed E-state index contributed by atoms with van der Waals surface area (Å²) in [5, 5.41) is 6.52. The maximum Gasteiger partial charge on any atom is 0.433 e. The Kier molecular flexibility index (Phi) is 2.62. The van der Waals surface area contributed by atoms with E-state index >= 15 is 0 Å². The highest BCUT2D eigenvalue weighted by molar-refractivity contribution is 7.13. The smallest absolute Gasteiger partial charge is 0.364 e. The minimum atomic E-state index is -4.55. The molecule has 9 heteroatoms. The van der Waals surface area contributed by atoms with Gasteiger partial charge in [0.15, 0.2) is 0 Å². The van der Waals surface area contributed by atoms with Crippen LogP contribution >= 0.6 is 11.3 Å². The number of hydrogen-bond acceptors (Lipinski definition) is 4. The van der Waals surface area contributed by atoms with Crippen molar-refractivity contribution in [2.75, 3.05) is 0 Å². The molecule has 0 bridgehead atoms. The third kappa shape index (κ3) is 2.13. The molecule has 0 aliphatic rings. The SMILES string of the molecule is NC(=O)c1csc(-c2cn[nH]c2C(F)(F)F)n1. The van der Waals surface area contributed by atoms with Gasteiger partial charge in [-0.15, -0.1) is 11.3 Å². The van der Waals surface area contributed by atoms with Crippen LogP contribution in [-0.2, 0) is 6.18 Å². The Morgan fingerprint density at radius 2 is 2.18 bits per heavy atom. The van der Waals surface area contributed by atoms with Crippen LogP contribution in [0.1, 0.15) is 16.2 Å². The number of aromatic nitrogens is 3. The van der Waals surface area contributed by atoms with Gasteiger partial charge in [-0.3, -0.25) is 9.89 Å². The zero-order valence-electron chi connectivity index (χ0n) is 8.08. The minimum Gasteiger partial charge on any atom is -0.364 e. The van der Waals surface area contributed by atoms with Crippen LogP contribution in [0.5, 0.6) is 0 Å². The summed E-state index contributed by atoms with van der Waals surface area (Å²) in [5.41, 5.74) is 3.70. The Hall–Kier alpha value is -1.90. The maximum atomic E-state index is 12.5. The molecule has 5 nitrogen and oxygen atoms in total. The molecule has 0 atom stereocenters. The number of amides is 1. The third-order valence-corrected chi connectivity index (χ3v) is 2.79. The molecule has 1 amide bonds. The van der Waals surface area contributed by atoms with Crippen LogP contribution in [-0.4, -0.2) is 21.1 Å². The number of aromatic amines is 1. The first kappa shape index (κ1) is 11.6. The molecule has 0 spiro atoms. The van der Waals surface area contributed by atoms with Crippen molar-refractivity contribution < 1.29 is 18.0 Å². The van der Waals surface area contributed by atoms with Gasteiger partial charge < -0.3 is 5.73 Å². The number of thiazole rings is 1. The van der Waals surface area contributed by atoms with Gasteiger partial charge in [-0.2, -0.15) is 18.3 Å². The van der Waals surface area contributed by atoms with Crippen molar-refractivity contribution in [1.29, 1.82) is 0 Å². The first-order valence-corrected chi connectivity index (χ1v) is 5.14. The van der Waals surface area contributed by atoms with Crippen LogP contribution in [0.2, 0.25) is 0 Å². The first-order chi connectivity index (χ1) is 7.89. The van der Waals surface area contributed by atoms with Gasteiger partial charge in [0.25, 0.3) is 5.91 Å². The molecule has 0 aliphatic heterocycles. The van der Waals surface area contributed by atoms with E-state index < -0.39 is 17.8 Å². The van der Waals surface area contributed by atoms with E-state index in [0.29, 0.717) is 0 Å². The number of primary amides is 1. The summed E-state index contributed by atoms with van der Waals surface area (Å²) >= 11 is 0.894. The quantitative estimate of drug-likeness (QED) is 0.863. The topological polar surface area (TPSA) is 84.7 Å². The van der Waals surface area contributed by atoms with Gasteiger partial charge in [0.1, 0.15) is 16.4 Å². The molecule has 17 heavy (non-hydrogen) atoms. The summed E-state index contributed by atoms with van der Waals surface area (Å²) in [7, 11) is 0. The van der Waals surface area contributed by atoms with Crippen LogP contribution in [0.3, 0.4) is 0 Å². The Balaban J connectivity index is 2.47. The molecule has 3 N–H and O–H groups in total. The van der Waals surface area contributed by atoms with E-state index in [2.05, 4.69) is 10.1 Å². The number of nitrogens with zero attached hydrogens (tertiary/aromatic N) is 2. The van der Waals surface area contributed by atoms with Gasteiger partial charge >= 0.3 is 6.18 Å². The van der Waals surface area contributed by atoms with Crippen molar-refractivity contribution in [2.24, 2.45) is 5.73 Å². The normalized spacial score (nSPS) is 11.7. The van der Waals surface area contributed by atoms with E-state index in [-0.39, 0.29) is 16.3 Å². The summed E-state index contributed by atoms with van der Waals surface area (Å²) in [5.74, 6) is -0.787. The number of alkyl halides is 3. The van der Waals surface area contributed by atoms with Gasteiger partial charge in [-0.05, 0) is 0 Å². The average Bonchev–Trinajstić information content (AvgIpc) is 2.85. The summed E-state index contributed by atoms with van der Waals surface area (Å²) in [6, 6.07) is 0. The van der Waals surface area contributed by atoms with Gasteiger partial charge in [0.05, 0.1) is 11.8 Å². The number of nitrogens with two attached hydrogens (primary N) is 1. The molecule has 2 aromatic rings. The fraction of sp³-hybridized carbons (Fsp3) is 0.125. The molecule has 2 rings (SSSR count). The van der Waals surface area contributed by atoms with E-state index in [1.54, 1.807) is 0 Å². The summed E-state index contributed by atoms with van der Waals surface area (Å²) in [6.45, 7) is 0. The summed E-state index contributed by atoms with van der Waals surface area (Å²) < 4.78 is 37.6. The molecule has 0 saturated heterocycles. The standard InChI is InChI=1S/C8H5F3N4OS/c9-8(10,11)5-3(1-13-15-5)7-14-4(2-17-7)6(12)16/h1-2H,(H2,12,16)(H,13,15). The van der Waals surface area contributed by atoms with Crippen LogP contribution in [0, 0.1) is 0 Å².